The SMILES string of the molecule is O=S(=O)(O)C1CC(Sc2nc3nc(-c4ccc(-c5ccccc5O)cc4)c(Cl)cc3[nH]2)C1. The largest absolute Gasteiger partial charge is 0.507 e. The predicted octanol–water partition coefficient (Wildman–Crippen LogP) is 5.16. The van der Waals surface area contributed by atoms with Gasteiger partial charge in [-0.2, -0.15) is 8.42 Å². The standard InChI is InChI=1S/C22H18ClN3O4S2/c23-17-11-18-21(26-22(24-18)31-14-9-15(10-14)32(28,29)30)25-20(17)13-7-5-12(6-8-13)16-3-1-2-4-19(16)27/h1-8,11,14-15,27H,9-10H2,(H,24,25,26)(H,28,29,30). The molecule has 4 aromatic rings. The summed E-state index contributed by atoms with van der Waals surface area (Å²) in [6.45, 7) is 0. The number of para-hydroxylation sites is 1. The van der Waals surface area contributed by atoms with Crippen LogP contribution in [-0.2, 0) is 10.1 Å². The molecule has 0 aliphatic heterocycles. The van der Waals surface area contributed by atoms with Gasteiger partial charge in [0.1, 0.15) is 5.75 Å². The first-order chi connectivity index (χ1) is 15.3. The van der Waals surface area contributed by atoms with E-state index in [1.807, 2.05) is 36.4 Å². The highest BCUT2D eigenvalue weighted by Crippen LogP contribution is 2.39. The Hall–Kier alpha value is -2.59. The van der Waals surface area contributed by atoms with Crippen molar-refractivity contribution in [2.24, 2.45) is 0 Å². The van der Waals surface area contributed by atoms with E-state index >= 15 is 0 Å². The fraction of sp³-hybridized carbons (Fsp3) is 0.182. The van der Waals surface area contributed by atoms with E-state index in [1.165, 1.54) is 11.8 Å². The summed E-state index contributed by atoms with van der Waals surface area (Å²) in [7, 11) is -3.97. The van der Waals surface area contributed by atoms with Crippen molar-refractivity contribution in [2.75, 3.05) is 0 Å². The molecular formula is C22H18ClN3O4S2. The molecule has 0 saturated heterocycles. The molecule has 2 heterocycles. The summed E-state index contributed by atoms with van der Waals surface area (Å²) < 4.78 is 31.4. The second-order valence-electron chi connectivity index (χ2n) is 7.67. The molecule has 164 valence electrons. The van der Waals surface area contributed by atoms with Crippen molar-refractivity contribution in [3.8, 4) is 28.1 Å². The molecule has 0 radical (unpaired) electrons. The summed E-state index contributed by atoms with van der Waals surface area (Å²) >= 11 is 7.93. The number of pyridine rings is 1. The third kappa shape index (κ3) is 4.09. The maximum absolute atomic E-state index is 11.2. The molecule has 2 aromatic heterocycles. The van der Waals surface area contributed by atoms with Gasteiger partial charge in [-0.3, -0.25) is 4.55 Å². The Morgan fingerprint density at radius 2 is 1.72 bits per heavy atom. The number of thioether (sulfide) groups is 1. The zero-order valence-corrected chi connectivity index (χ0v) is 19.0. The summed E-state index contributed by atoms with van der Waals surface area (Å²) in [5.41, 5.74) is 4.26. The second-order valence-corrected chi connectivity index (χ2v) is 11.1. The summed E-state index contributed by atoms with van der Waals surface area (Å²) in [4.78, 5) is 12.3. The van der Waals surface area contributed by atoms with E-state index in [0.29, 0.717) is 39.9 Å². The van der Waals surface area contributed by atoms with E-state index in [2.05, 4.69) is 15.0 Å². The topological polar surface area (TPSA) is 116 Å². The van der Waals surface area contributed by atoms with E-state index in [1.54, 1.807) is 18.2 Å². The lowest BCUT2D eigenvalue weighted by molar-refractivity contribution is 0.419. The highest BCUT2D eigenvalue weighted by molar-refractivity contribution is 8.00. The number of aromatic nitrogens is 3. The zero-order chi connectivity index (χ0) is 22.5. The van der Waals surface area contributed by atoms with Crippen LogP contribution in [0.3, 0.4) is 0 Å². The number of phenols is 1. The molecule has 10 heteroatoms. The zero-order valence-electron chi connectivity index (χ0n) is 16.6. The molecule has 3 N–H and O–H groups in total. The van der Waals surface area contributed by atoms with Gasteiger partial charge in [0.25, 0.3) is 10.1 Å². The van der Waals surface area contributed by atoms with Crippen molar-refractivity contribution in [3.63, 3.8) is 0 Å². The van der Waals surface area contributed by atoms with E-state index < -0.39 is 15.4 Å². The summed E-state index contributed by atoms with van der Waals surface area (Å²) in [5.74, 6) is 0.216. The minimum Gasteiger partial charge on any atom is -0.507 e. The van der Waals surface area contributed by atoms with Crippen LogP contribution >= 0.6 is 23.4 Å². The second kappa shape index (κ2) is 8.08. The molecule has 0 amide bonds. The number of hydrogen-bond donors (Lipinski definition) is 3. The van der Waals surface area contributed by atoms with Gasteiger partial charge in [0, 0.05) is 16.4 Å². The van der Waals surface area contributed by atoms with Crippen LogP contribution in [0, 0.1) is 0 Å². The molecule has 1 saturated carbocycles. The minimum absolute atomic E-state index is 0.0689. The molecule has 5 rings (SSSR count). The number of imidazole rings is 1. The number of fused-ring (bicyclic) bond motifs is 1. The van der Waals surface area contributed by atoms with Gasteiger partial charge in [-0.1, -0.05) is 65.8 Å². The molecular weight excluding hydrogens is 470 g/mol. The van der Waals surface area contributed by atoms with Crippen LogP contribution in [0.5, 0.6) is 5.75 Å². The number of aromatic hydroxyl groups is 1. The van der Waals surface area contributed by atoms with Crippen molar-refractivity contribution in [3.05, 3.63) is 59.6 Å². The lowest BCUT2D eigenvalue weighted by Crippen LogP contribution is -2.37. The fourth-order valence-electron chi connectivity index (χ4n) is 3.69. The van der Waals surface area contributed by atoms with Crippen molar-refractivity contribution < 1.29 is 18.1 Å². The number of nitrogens with zero attached hydrogens (tertiary/aromatic N) is 2. The first-order valence-corrected chi connectivity index (χ1v) is 12.6. The van der Waals surface area contributed by atoms with Crippen LogP contribution in [0.15, 0.2) is 59.8 Å². The van der Waals surface area contributed by atoms with Gasteiger partial charge in [0.2, 0.25) is 0 Å². The molecule has 2 aromatic carbocycles. The molecule has 0 unspecified atom stereocenters. The highest BCUT2D eigenvalue weighted by atomic mass is 35.5. The highest BCUT2D eigenvalue weighted by Gasteiger charge is 2.38. The molecule has 1 aliphatic carbocycles. The lowest BCUT2D eigenvalue weighted by Gasteiger charge is -2.31. The van der Waals surface area contributed by atoms with Gasteiger partial charge in [-0.25, -0.2) is 9.97 Å². The molecule has 0 bridgehead atoms. The van der Waals surface area contributed by atoms with Crippen LogP contribution in [-0.4, -0.2) is 43.5 Å². The summed E-state index contributed by atoms with van der Waals surface area (Å²) in [6.07, 6.45) is 0.784. The molecule has 1 aliphatic rings. The van der Waals surface area contributed by atoms with Gasteiger partial charge in [-0.05, 0) is 30.5 Å². The molecule has 0 atom stereocenters. The third-order valence-corrected chi connectivity index (χ3v) is 8.18. The number of nitrogens with one attached hydrogen (secondary N) is 1. The number of phenolic OH excluding ortho intramolecular Hbond substituents is 1. The maximum atomic E-state index is 11.2. The number of rotatable bonds is 5. The van der Waals surface area contributed by atoms with Crippen LogP contribution in [0.25, 0.3) is 33.5 Å². The Morgan fingerprint density at radius 1 is 1.03 bits per heavy atom. The number of aromatic amines is 1. The normalized spacial score (nSPS) is 18.6. The van der Waals surface area contributed by atoms with Crippen molar-refractivity contribution in [2.45, 2.75) is 28.5 Å². The van der Waals surface area contributed by atoms with E-state index in [9.17, 15) is 13.5 Å². The van der Waals surface area contributed by atoms with Crippen LogP contribution < -0.4 is 0 Å². The first-order valence-electron chi connectivity index (χ1n) is 9.86. The average Bonchev–Trinajstić information content (AvgIpc) is 3.11. The molecule has 0 spiro atoms. The number of hydrogen-bond acceptors (Lipinski definition) is 6. The average molecular weight is 488 g/mol. The Balaban J connectivity index is 1.38. The van der Waals surface area contributed by atoms with E-state index in [0.717, 1.165) is 16.7 Å². The lowest BCUT2D eigenvalue weighted by atomic mass is 9.99. The van der Waals surface area contributed by atoms with Gasteiger partial charge in [-0.15, -0.1) is 0 Å². The van der Waals surface area contributed by atoms with E-state index in [-0.39, 0.29) is 11.0 Å². The maximum Gasteiger partial charge on any atom is 0.267 e. The van der Waals surface area contributed by atoms with Gasteiger partial charge in [0.15, 0.2) is 10.8 Å². The summed E-state index contributed by atoms with van der Waals surface area (Å²) in [5, 5.41) is 10.6. The van der Waals surface area contributed by atoms with Crippen molar-refractivity contribution >= 4 is 44.6 Å². The number of halogens is 1. The van der Waals surface area contributed by atoms with Crippen LogP contribution in [0.4, 0.5) is 0 Å². The van der Waals surface area contributed by atoms with Gasteiger partial charge >= 0.3 is 0 Å². The quantitative estimate of drug-likeness (QED) is 0.333. The molecule has 32 heavy (non-hydrogen) atoms. The van der Waals surface area contributed by atoms with Crippen molar-refractivity contribution in [1.82, 2.24) is 15.0 Å². The van der Waals surface area contributed by atoms with Crippen LogP contribution in [0.1, 0.15) is 12.8 Å². The first kappa shape index (κ1) is 21.3. The summed E-state index contributed by atoms with van der Waals surface area (Å²) in [6, 6.07) is 16.5. The smallest absolute Gasteiger partial charge is 0.267 e. The Bertz CT molecular complexity index is 1420. The monoisotopic (exact) mass is 487 g/mol. The van der Waals surface area contributed by atoms with Gasteiger partial charge < -0.3 is 10.1 Å². The third-order valence-electron chi connectivity index (χ3n) is 5.53. The molecule has 1 fully saturated rings. The van der Waals surface area contributed by atoms with Crippen molar-refractivity contribution in [1.29, 1.82) is 0 Å². The number of H-pyrrole nitrogens is 1. The Kier molecular flexibility index (Phi) is 5.37. The van der Waals surface area contributed by atoms with E-state index in [4.69, 9.17) is 16.2 Å². The fourth-order valence-corrected chi connectivity index (χ4v) is 6.43. The van der Waals surface area contributed by atoms with Gasteiger partial charge in [0.05, 0.1) is 21.5 Å². The Morgan fingerprint density at radius 3 is 2.41 bits per heavy atom. The van der Waals surface area contributed by atoms with Crippen LogP contribution in [0.2, 0.25) is 5.02 Å². The Labute approximate surface area is 193 Å². The minimum atomic E-state index is -3.97. The number of benzene rings is 2. The molecule has 7 nitrogen and oxygen atoms in total. The predicted molar refractivity (Wildman–Crippen MR) is 126 cm³/mol.